The topological polar surface area (TPSA) is 63.4 Å². The van der Waals surface area contributed by atoms with Crippen molar-refractivity contribution < 1.29 is 10.0 Å². The summed E-state index contributed by atoms with van der Waals surface area (Å²) in [4.78, 5) is 10.7. The van der Waals surface area contributed by atoms with Crippen LogP contribution in [0.25, 0.3) is 0 Å². The van der Waals surface area contributed by atoms with Crippen molar-refractivity contribution in [3.63, 3.8) is 0 Å². The molecule has 1 aromatic rings. The van der Waals surface area contributed by atoms with Gasteiger partial charge in [0, 0.05) is 11.6 Å². The molecule has 1 N–H and O–H groups in total. The van der Waals surface area contributed by atoms with Crippen molar-refractivity contribution in [1.82, 2.24) is 0 Å². The molecule has 2 aliphatic rings. The van der Waals surface area contributed by atoms with E-state index in [0.717, 1.165) is 24.0 Å². The van der Waals surface area contributed by atoms with Crippen LogP contribution in [0.2, 0.25) is 0 Å². The van der Waals surface area contributed by atoms with Crippen LogP contribution in [0.3, 0.4) is 0 Å². The number of phenols is 1. The SMILES string of the molecule is Cc1cc(C2CC3CCC2(C)C3(C)C)c(O)c([N+](=O)[O-])c1. The van der Waals surface area contributed by atoms with Crippen LogP contribution < -0.4 is 0 Å². The van der Waals surface area contributed by atoms with E-state index in [1.165, 1.54) is 12.5 Å². The van der Waals surface area contributed by atoms with E-state index < -0.39 is 4.92 Å². The highest BCUT2D eigenvalue weighted by Crippen LogP contribution is 2.71. The largest absolute Gasteiger partial charge is 0.502 e. The molecule has 0 aliphatic heterocycles. The number of nitro groups is 1. The van der Waals surface area contributed by atoms with Gasteiger partial charge >= 0.3 is 5.69 Å². The summed E-state index contributed by atoms with van der Waals surface area (Å²) >= 11 is 0. The molecule has 2 saturated carbocycles. The first-order valence-corrected chi connectivity index (χ1v) is 7.66. The van der Waals surface area contributed by atoms with Crippen LogP contribution in [-0.2, 0) is 0 Å². The summed E-state index contributed by atoms with van der Waals surface area (Å²) in [5.41, 5.74) is 1.80. The molecule has 4 nitrogen and oxygen atoms in total. The number of benzene rings is 1. The fraction of sp³-hybridized carbons (Fsp3) is 0.647. The van der Waals surface area contributed by atoms with Gasteiger partial charge in [-0.25, -0.2) is 0 Å². The van der Waals surface area contributed by atoms with Gasteiger partial charge in [0.1, 0.15) is 0 Å². The number of aryl methyl sites for hydroxylation is 1. The molecule has 0 aromatic heterocycles. The monoisotopic (exact) mass is 289 g/mol. The zero-order chi connectivity index (χ0) is 15.6. The van der Waals surface area contributed by atoms with E-state index in [1.54, 1.807) is 0 Å². The number of hydrogen-bond donors (Lipinski definition) is 1. The molecule has 3 unspecified atom stereocenters. The van der Waals surface area contributed by atoms with E-state index >= 15 is 0 Å². The Labute approximate surface area is 125 Å². The van der Waals surface area contributed by atoms with Gasteiger partial charge in [0.15, 0.2) is 5.75 Å². The molecule has 3 rings (SSSR count). The van der Waals surface area contributed by atoms with Gasteiger partial charge in [0.25, 0.3) is 0 Å². The smallest absolute Gasteiger partial charge is 0.311 e. The van der Waals surface area contributed by atoms with Crippen molar-refractivity contribution in [3.8, 4) is 5.75 Å². The Morgan fingerprint density at radius 3 is 2.48 bits per heavy atom. The molecule has 2 bridgehead atoms. The Morgan fingerprint density at radius 1 is 1.33 bits per heavy atom. The van der Waals surface area contributed by atoms with Crippen molar-refractivity contribution in [2.75, 3.05) is 0 Å². The molecule has 0 saturated heterocycles. The van der Waals surface area contributed by atoms with Crippen molar-refractivity contribution >= 4 is 5.69 Å². The Morgan fingerprint density at radius 2 is 2.00 bits per heavy atom. The summed E-state index contributed by atoms with van der Waals surface area (Å²) < 4.78 is 0. The van der Waals surface area contributed by atoms with Crippen LogP contribution in [0.15, 0.2) is 12.1 Å². The van der Waals surface area contributed by atoms with E-state index in [4.69, 9.17) is 0 Å². The summed E-state index contributed by atoms with van der Waals surface area (Å²) in [5.74, 6) is 0.733. The quantitative estimate of drug-likeness (QED) is 0.642. The van der Waals surface area contributed by atoms with Crippen LogP contribution >= 0.6 is 0 Å². The average Bonchev–Trinajstić information content (AvgIpc) is 2.73. The highest BCUT2D eigenvalue weighted by Gasteiger charge is 2.62. The molecule has 3 atom stereocenters. The van der Waals surface area contributed by atoms with Gasteiger partial charge < -0.3 is 5.11 Å². The second kappa shape index (κ2) is 4.21. The molecular weight excluding hydrogens is 266 g/mol. The molecule has 0 heterocycles. The van der Waals surface area contributed by atoms with E-state index in [1.807, 2.05) is 13.0 Å². The van der Waals surface area contributed by atoms with Gasteiger partial charge in [0.05, 0.1) is 4.92 Å². The number of fused-ring (bicyclic) bond motifs is 2. The minimum atomic E-state index is -0.480. The number of rotatable bonds is 2. The van der Waals surface area contributed by atoms with Crippen LogP contribution in [0.5, 0.6) is 5.75 Å². The van der Waals surface area contributed by atoms with Gasteiger partial charge in [-0.2, -0.15) is 0 Å². The highest BCUT2D eigenvalue weighted by atomic mass is 16.6. The van der Waals surface area contributed by atoms with Crippen molar-refractivity contribution in [1.29, 1.82) is 0 Å². The molecule has 114 valence electrons. The Bertz CT molecular complexity index is 623. The number of nitrogens with zero attached hydrogens (tertiary/aromatic N) is 1. The third kappa shape index (κ3) is 1.74. The predicted octanol–water partition coefficient (Wildman–Crippen LogP) is 4.54. The summed E-state index contributed by atoms with van der Waals surface area (Å²) in [6.07, 6.45) is 3.39. The standard InChI is InChI=1S/C17H23NO3/c1-10-7-12(15(19)14(8-10)18(20)21)13-9-11-5-6-17(13,4)16(11,2)3/h7-8,11,13,19H,5-6,9H2,1-4H3. The highest BCUT2D eigenvalue weighted by molar-refractivity contribution is 5.55. The molecular formula is C17H23NO3. The Balaban J connectivity index is 2.13. The average molecular weight is 289 g/mol. The molecule has 2 fully saturated rings. The lowest BCUT2D eigenvalue weighted by Crippen LogP contribution is -2.31. The molecule has 2 aliphatic carbocycles. The third-order valence-electron chi connectivity index (χ3n) is 6.63. The third-order valence-corrected chi connectivity index (χ3v) is 6.63. The zero-order valence-electron chi connectivity index (χ0n) is 13.1. The minimum Gasteiger partial charge on any atom is -0.502 e. The Kier molecular flexibility index (Phi) is 2.88. The second-order valence-electron chi connectivity index (χ2n) is 7.64. The van der Waals surface area contributed by atoms with E-state index in [9.17, 15) is 15.2 Å². The van der Waals surface area contributed by atoms with Gasteiger partial charge in [-0.15, -0.1) is 0 Å². The van der Waals surface area contributed by atoms with E-state index in [2.05, 4.69) is 20.8 Å². The molecule has 0 radical (unpaired) electrons. The van der Waals surface area contributed by atoms with Crippen molar-refractivity contribution in [3.05, 3.63) is 33.4 Å². The lowest BCUT2D eigenvalue weighted by molar-refractivity contribution is -0.386. The van der Waals surface area contributed by atoms with Gasteiger partial charge in [-0.05, 0) is 54.4 Å². The normalized spacial score (nSPS) is 33.3. The molecule has 21 heavy (non-hydrogen) atoms. The molecule has 1 aromatic carbocycles. The molecule has 0 spiro atoms. The van der Waals surface area contributed by atoms with Crippen LogP contribution in [-0.4, -0.2) is 10.0 Å². The van der Waals surface area contributed by atoms with E-state index in [-0.39, 0.29) is 28.2 Å². The first kappa shape index (κ1) is 14.4. The van der Waals surface area contributed by atoms with Crippen LogP contribution in [0.4, 0.5) is 5.69 Å². The zero-order valence-corrected chi connectivity index (χ0v) is 13.1. The fourth-order valence-electron chi connectivity index (χ4n) is 4.87. The number of nitro benzene ring substituents is 1. The maximum Gasteiger partial charge on any atom is 0.311 e. The predicted molar refractivity (Wildman–Crippen MR) is 81.5 cm³/mol. The number of phenolic OH excluding ortho intramolecular Hbond substituents is 1. The maximum absolute atomic E-state index is 11.2. The summed E-state index contributed by atoms with van der Waals surface area (Å²) in [5, 5.41) is 21.6. The number of hydrogen-bond acceptors (Lipinski definition) is 3. The second-order valence-corrected chi connectivity index (χ2v) is 7.64. The summed E-state index contributed by atoms with van der Waals surface area (Å²) in [7, 11) is 0. The van der Waals surface area contributed by atoms with Crippen molar-refractivity contribution in [2.45, 2.75) is 52.9 Å². The first-order chi connectivity index (χ1) is 9.68. The Hall–Kier alpha value is -1.58. The minimum absolute atomic E-state index is 0.108. The van der Waals surface area contributed by atoms with E-state index in [0.29, 0.717) is 5.92 Å². The van der Waals surface area contributed by atoms with Crippen LogP contribution in [0, 0.1) is 33.8 Å². The van der Waals surface area contributed by atoms with Crippen molar-refractivity contribution in [2.24, 2.45) is 16.7 Å². The fourth-order valence-corrected chi connectivity index (χ4v) is 4.87. The van der Waals surface area contributed by atoms with Crippen LogP contribution in [0.1, 0.15) is 57.1 Å². The number of aromatic hydroxyl groups is 1. The van der Waals surface area contributed by atoms with Gasteiger partial charge in [-0.3, -0.25) is 10.1 Å². The molecule has 0 amide bonds. The first-order valence-electron chi connectivity index (χ1n) is 7.66. The lowest BCUT2D eigenvalue weighted by atomic mass is 9.65. The summed E-state index contributed by atoms with van der Waals surface area (Å²) in [6, 6.07) is 3.40. The summed E-state index contributed by atoms with van der Waals surface area (Å²) in [6.45, 7) is 8.77. The van der Waals surface area contributed by atoms with Gasteiger partial charge in [0.2, 0.25) is 0 Å². The lowest BCUT2D eigenvalue weighted by Gasteiger charge is -2.39. The maximum atomic E-state index is 11.2. The molecule has 4 heteroatoms. The van der Waals surface area contributed by atoms with Gasteiger partial charge in [-0.1, -0.05) is 26.8 Å².